The second-order valence-electron chi connectivity index (χ2n) is 6.41. The quantitative estimate of drug-likeness (QED) is 0.526. The van der Waals surface area contributed by atoms with Gasteiger partial charge in [0.05, 0.1) is 10.6 Å². The minimum Gasteiger partial charge on any atom is -0.268 e. The molecule has 0 spiro atoms. The van der Waals surface area contributed by atoms with Gasteiger partial charge in [-0.25, -0.2) is 9.98 Å². The first-order chi connectivity index (χ1) is 14.2. The van der Waals surface area contributed by atoms with Crippen LogP contribution < -0.4 is 4.90 Å². The number of para-hydroxylation sites is 1. The van der Waals surface area contributed by atoms with E-state index in [1.54, 1.807) is 4.90 Å². The van der Waals surface area contributed by atoms with Gasteiger partial charge in [0.15, 0.2) is 11.0 Å². The van der Waals surface area contributed by atoms with E-state index in [1.807, 2.05) is 104 Å². The summed E-state index contributed by atoms with van der Waals surface area (Å²) in [4.78, 5) is 24.5. The van der Waals surface area contributed by atoms with Crippen LogP contribution >= 0.6 is 11.8 Å². The standard InChI is InChI=1S/C24H19N3OS/c1-18-10-8-17-22(25-18)26-24-27(20-14-6-3-7-15-20)23(28)21(29-24)16-9-13-19-11-4-2-5-12-19/h2-17H,1H3/b13-9+,21-16-,26-24+. The van der Waals surface area contributed by atoms with Gasteiger partial charge in [-0.1, -0.05) is 66.7 Å². The monoisotopic (exact) mass is 397 g/mol. The summed E-state index contributed by atoms with van der Waals surface area (Å²) in [6, 6.07) is 25.2. The normalized spacial score (nSPS) is 17.0. The highest BCUT2D eigenvalue weighted by atomic mass is 32.2. The molecule has 0 bridgehead atoms. The number of thioether (sulfide) groups is 1. The molecule has 2 aromatic carbocycles. The van der Waals surface area contributed by atoms with Gasteiger partial charge >= 0.3 is 0 Å². The van der Waals surface area contributed by atoms with Gasteiger partial charge in [0, 0.05) is 5.69 Å². The predicted octanol–water partition coefficient (Wildman–Crippen LogP) is 5.75. The second kappa shape index (κ2) is 8.71. The maximum Gasteiger partial charge on any atom is 0.271 e. The van der Waals surface area contributed by atoms with Crippen molar-refractivity contribution in [1.82, 2.24) is 4.98 Å². The zero-order valence-electron chi connectivity index (χ0n) is 15.9. The molecule has 29 heavy (non-hydrogen) atoms. The zero-order valence-corrected chi connectivity index (χ0v) is 16.7. The molecule has 0 unspecified atom stereocenters. The van der Waals surface area contributed by atoms with Gasteiger partial charge in [-0.2, -0.15) is 0 Å². The number of nitrogens with zero attached hydrogens (tertiary/aromatic N) is 3. The van der Waals surface area contributed by atoms with E-state index in [9.17, 15) is 4.79 Å². The molecule has 1 saturated heterocycles. The average Bonchev–Trinajstić information content (AvgIpc) is 3.04. The fourth-order valence-electron chi connectivity index (χ4n) is 2.87. The molecule has 0 atom stereocenters. The summed E-state index contributed by atoms with van der Waals surface area (Å²) in [7, 11) is 0. The molecule has 4 nitrogen and oxygen atoms in total. The molecule has 0 aliphatic carbocycles. The highest BCUT2D eigenvalue weighted by molar-refractivity contribution is 8.19. The van der Waals surface area contributed by atoms with Crippen molar-refractivity contribution in [2.45, 2.75) is 6.92 Å². The average molecular weight is 398 g/mol. The lowest BCUT2D eigenvalue weighted by atomic mass is 10.2. The van der Waals surface area contributed by atoms with Crippen LogP contribution in [0.15, 0.2) is 101 Å². The van der Waals surface area contributed by atoms with E-state index in [0.717, 1.165) is 16.9 Å². The lowest BCUT2D eigenvalue weighted by Gasteiger charge is -2.15. The van der Waals surface area contributed by atoms with Gasteiger partial charge in [-0.05, 0) is 54.6 Å². The third kappa shape index (κ3) is 4.52. The number of amidine groups is 1. The Bertz CT molecular complexity index is 1110. The lowest BCUT2D eigenvalue weighted by Crippen LogP contribution is -2.28. The molecular weight excluding hydrogens is 378 g/mol. The SMILES string of the molecule is Cc1cccc(/N=C2/S/C(=C\C=C\c3ccccc3)C(=O)N2c2ccccc2)n1. The molecule has 5 heteroatoms. The van der Waals surface area contributed by atoms with Gasteiger partial charge in [0.25, 0.3) is 5.91 Å². The van der Waals surface area contributed by atoms with Crippen molar-refractivity contribution in [2.75, 3.05) is 4.90 Å². The Labute approximate surface area is 174 Å². The number of anilines is 1. The Hall–Kier alpha value is -3.44. The van der Waals surface area contributed by atoms with Crippen molar-refractivity contribution >= 4 is 40.4 Å². The van der Waals surface area contributed by atoms with Crippen molar-refractivity contribution in [1.29, 1.82) is 0 Å². The largest absolute Gasteiger partial charge is 0.271 e. The number of carbonyl (C=O) groups is 1. The molecule has 0 radical (unpaired) electrons. The molecule has 0 N–H and O–H groups in total. The highest BCUT2D eigenvalue weighted by Crippen LogP contribution is 2.36. The first-order valence-corrected chi connectivity index (χ1v) is 10.1. The van der Waals surface area contributed by atoms with E-state index >= 15 is 0 Å². The van der Waals surface area contributed by atoms with Crippen LogP contribution in [0.25, 0.3) is 6.08 Å². The lowest BCUT2D eigenvalue weighted by molar-refractivity contribution is -0.113. The molecule has 1 aromatic heterocycles. The Balaban J connectivity index is 1.68. The molecule has 1 fully saturated rings. The van der Waals surface area contributed by atoms with E-state index < -0.39 is 0 Å². The highest BCUT2D eigenvalue weighted by Gasteiger charge is 2.34. The number of hydrogen-bond acceptors (Lipinski definition) is 4. The molecule has 2 heterocycles. The first-order valence-electron chi connectivity index (χ1n) is 9.24. The Morgan fingerprint density at radius 2 is 1.66 bits per heavy atom. The summed E-state index contributed by atoms with van der Waals surface area (Å²) in [5.41, 5.74) is 2.75. The zero-order chi connectivity index (χ0) is 20.1. The number of benzene rings is 2. The number of aryl methyl sites for hydroxylation is 1. The van der Waals surface area contributed by atoms with Crippen LogP contribution in [0.5, 0.6) is 0 Å². The minimum atomic E-state index is -0.0923. The first kappa shape index (κ1) is 18.9. The Kier molecular flexibility index (Phi) is 5.68. The molecule has 1 aliphatic heterocycles. The maximum atomic E-state index is 13.1. The molecule has 1 amide bonds. The fraction of sp³-hybridized carbons (Fsp3) is 0.0417. The number of rotatable bonds is 4. The predicted molar refractivity (Wildman–Crippen MR) is 121 cm³/mol. The summed E-state index contributed by atoms with van der Waals surface area (Å²) in [5.74, 6) is 0.493. The van der Waals surface area contributed by atoms with Crippen molar-refractivity contribution < 1.29 is 4.79 Å². The third-order valence-corrected chi connectivity index (χ3v) is 5.23. The summed E-state index contributed by atoms with van der Waals surface area (Å²) in [5, 5.41) is 0.596. The molecule has 1 aliphatic rings. The van der Waals surface area contributed by atoms with Gasteiger partial charge in [-0.15, -0.1) is 0 Å². The third-order valence-electron chi connectivity index (χ3n) is 4.24. The van der Waals surface area contributed by atoms with Crippen LogP contribution in [-0.2, 0) is 4.79 Å². The van der Waals surface area contributed by atoms with Crippen molar-refractivity contribution in [3.05, 3.63) is 107 Å². The van der Waals surface area contributed by atoms with Gasteiger partial charge < -0.3 is 0 Å². The minimum absolute atomic E-state index is 0.0923. The van der Waals surface area contributed by atoms with E-state index in [1.165, 1.54) is 11.8 Å². The van der Waals surface area contributed by atoms with Crippen molar-refractivity contribution in [3.8, 4) is 0 Å². The number of pyridine rings is 1. The van der Waals surface area contributed by atoms with Crippen molar-refractivity contribution in [2.24, 2.45) is 4.99 Å². The fourth-order valence-corrected chi connectivity index (χ4v) is 3.81. The van der Waals surface area contributed by atoms with Crippen LogP contribution in [0.3, 0.4) is 0 Å². The smallest absolute Gasteiger partial charge is 0.268 e. The van der Waals surface area contributed by atoms with Crippen molar-refractivity contribution in [3.63, 3.8) is 0 Å². The van der Waals surface area contributed by atoms with E-state index in [2.05, 4.69) is 9.98 Å². The van der Waals surface area contributed by atoms with Gasteiger partial charge in [0.2, 0.25) is 0 Å². The number of hydrogen-bond donors (Lipinski definition) is 0. The number of carbonyl (C=O) groups excluding carboxylic acids is 1. The summed E-state index contributed by atoms with van der Waals surface area (Å²) in [6.07, 6.45) is 5.71. The Morgan fingerprint density at radius 1 is 0.931 bits per heavy atom. The van der Waals surface area contributed by atoms with Crippen LogP contribution in [0.1, 0.15) is 11.3 Å². The number of aromatic nitrogens is 1. The van der Waals surface area contributed by atoms with Crippen LogP contribution in [0, 0.1) is 6.92 Å². The molecular formula is C24H19N3OS. The van der Waals surface area contributed by atoms with Gasteiger partial charge in [-0.3, -0.25) is 9.69 Å². The second-order valence-corrected chi connectivity index (χ2v) is 7.42. The summed E-state index contributed by atoms with van der Waals surface area (Å²) >= 11 is 1.35. The topological polar surface area (TPSA) is 45.6 Å². The summed E-state index contributed by atoms with van der Waals surface area (Å²) < 4.78 is 0. The molecule has 142 valence electrons. The maximum absolute atomic E-state index is 13.1. The number of allylic oxidation sites excluding steroid dienone is 2. The molecule has 0 saturated carbocycles. The van der Waals surface area contributed by atoms with E-state index in [4.69, 9.17) is 0 Å². The number of aliphatic imine (C=N–C) groups is 1. The van der Waals surface area contributed by atoms with Crippen LogP contribution in [0.2, 0.25) is 0 Å². The summed E-state index contributed by atoms with van der Waals surface area (Å²) in [6.45, 7) is 1.92. The van der Waals surface area contributed by atoms with E-state index in [-0.39, 0.29) is 5.91 Å². The molecule has 3 aromatic rings. The van der Waals surface area contributed by atoms with Crippen LogP contribution in [0.4, 0.5) is 11.5 Å². The van der Waals surface area contributed by atoms with Gasteiger partial charge in [0.1, 0.15) is 0 Å². The van der Waals surface area contributed by atoms with E-state index in [0.29, 0.717) is 15.9 Å². The van der Waals surface area contributed by atoms with Crippen LogP contribution in [-0.4, -0.2) is 16.1 Å². The molecule has 4 rings (SSSR count). The number of amides is 1. The Morgan fingerprint density at radius 3 is 2.38 bits per heavy atom.